The first-order valence-electron chi connectivity index (χ1n) is 9.88. The van der Waals surface area contributed by atoms with Gasteiger partial charge in [-0.05, 0) is 12.5 Å². The molecule has 1 fully saturated rings. The van der Waals surface area contributed by atoms with Crippen molar-refractivity contribution in [3.05, 3.63) is 22.7 Å². The molecule has 0 radical (unpaired) electrons. The van der Waals surface area contributed by atoms with E-state index >= 15 is 0 Å². The Morgan fingerprint density at radius 1 is 1.30 bits per heavy atom. The molecule has 0 saturated carbocycles. The topological polar surface area (TPSA) is 114 Å². The average molecular weight is 381 g/mol. The molecule has 152 valence electrons. The SMILES string of the molecule is CCCCCCCCCC(=O)Nc1ccn([C@H]2C[C@H](O)[C@@H](CO)O2)c(=O)n1. The number of carbonyl (C=O) groups excluding carboxylic acids is 1. The van der Waals surface area contributed by atoms with Crippen LogP contribution in [-0.4, -0.2) is 44.5 Å². The van der Waals surface area contributed by atoms with Gasteiger partial charge in [-0.1, -0.05) is 45.4 Å². The Bertz CT molecular complexity index is 648. The normalized spacial score (nSPS) is 22.1. The second-order valence-corrected chi connectivity index (χ2v) is 7.04. The molecule has 3 atom stereocenters. The number of carbonyl (C=O) groups is 1. The number of aliphatic hydroxyl groups excluding tert-OH is 2. The Hall–Kier alpha value is -1.77. The molecule has 1 amide bonds. The Morgan fingerprint density at radius 3 is 2.63 bits per heavy atom. The van der Waals surface area contributed by atoms with Gasteiger partial charge < -0.3 is 20.3 Å². The summed E-state index contributed by atoms with van der Waals surface area (Å²) in [6.07, 6.45) is 7.85. The third kappa shape index (κ3) is 6.71. The van der Waals surface area contributed by atoms with Crippen LogP contribution >= 0.6 is 0 Å². The molecule has 2 heterocycles. The minimum Gasteiger partial charge on any atom is -0.394 e. The van der Waals surface area contributed by atoms with E-state index in [1.165, 1.54) is 42.5 Å². The number of aliphatic hydroxyl groups is 2. The second kappa shape index (κ2) is 11.2. The highest BCUT2D eigenvalue weighted by atomic mass is 16.5. The van der Waals surface area contributed by atoms with Gasteiger partial charge in [-0.25, -0.2) is 4.79 Å². The highest BCUT2D eigenvalue weighted by Crippen LogP contribution is 2.27. The first-order valence-corrected chi connectivity index (χ1v) is 9.88. The number of hydrogen-bond donors (Lipinski definition) is 3. The van der Waals surface area contributed by atoms with Gasteiger partial charge in [-0.2, -0.15) is 4.98 Å². The van der Waals surface area contributed by atoms with Crippen molar-refractivity contribution in [3.8, 4) is 0 Å². The van der Waals surface area contributed by atoms with Crippen LogP contribution in [0.4, 0.5) is 5.82 Å². The lowest BCUT2D eigenvalue weighted by Gasteiger charge is -2.14. The largest absolute Gasteiger partial charge is 0.394 e. The minimum atomic E-state index is -0.826. The number of amides is 1. The van der Waals surface area contributed by atoms with Crippen molar-refractivity contribution < 1.29 is 19.7 Å². The van der Waals surface area contributed by atoms with Gasteiger partial charge in [0.1, 0.15) is 18.1 Å². The summed E-state index contributed by atoms with van der Waals surface area (Å²) in [5.41, 5.74) is -0.570. The number of rotatable bonds is 11. The Morgan fingerprint density at radius 2 is 2.00 bits per heavy atom. The molecular formula is C19H31N3O5. The smallest absolute Gasteiger partial charge is 0.351 e. The van der Waals surface area contributed by atoms with Crippen LogP contribution in [0.1, 0.15) is 70.9 Å². The molecule has 0 aromatic carbocycles. The van der Waals surface area contributed by atoms with Crippen LogP contribution in [-0.2, 0) is 9.53 Å². The molecule has 8 heteroatoms. The lowest BCUT2D eigenvalue weighted by Crippen LogP contribution is -2.28. The summed E-state index contributed by atoms with van der Waals surface area (Å²) in [4.78, 5) is 28.0. The molecule has 1 aliphatic heterocycles. The zero-order valence-electron chi connectivity index (χ0n) is 16.0. The molecule has 1 aromatic heterocycles. The number of hydrogen-bond acceptors (Lipinski definition) is 6. The van der Waals surface area contributed by atoms with Crippen molar-refractivity contribution in [2.45, 2.75) is 83.1 Å². The molecule has 2 rings (SSSR count). The molecule has 0 spiro atoms. The minimum absolute atomic E-state index is 0.152. The van der Waals surface area contributed by atoms with Gasteiger partial charge in [0, 0.05) is 19.0 Å². The number of ether oxygens (including phenoxy) is 1. The molecule has 1 aromatic rings. The molecule has 1 aliphatic rings. The van der Waals surface area contributed by atoms with Crippen molar-refractivity contribution in [2.24, 2.45) is 0 Å². The Kier molecular flexibility index (Phi) is 8.90. The Balaban J connectivity index is 1.77. The fourth-order valence-electron chi connectivity index (χ4n) is 3.20. The molecule has 1 saturated heterocycles. The monoisotopic (exact) mass is 381 g/mol. The second-order valence-electron chi connectivity index (χ2n) is 7.04. The van der Waals surface area contributed by atoms with E-state index < -0.39 is 24.1 Å². The standard InChI is InChI=1S/C19H31N3O5/c1-2-3-4-5-6-7-8-9-17(25)20-16-10-11-22(19(26)21-16)18-12-14(24)15(13-23)27-18/h10-11,14-15,18,23-24H,2-9,12-13H2,1H3,(H,20,21,25,26)/t14-,15+,18+/m0/s1. The fourth-order valence-corrected chi connectivity index (χ4v) is 3.20. The number of nitrogens with one attached hydrogen (secondary N) is 1. The van der Waals surface area contributed by atoms with Gasteiger partial charge in [-0.3, -0.25) is 9.36 Å². The predicted molar refractivity (Wildman–Crippen MR) is 101 cm³/mol. The van der Waals surface area contributed by atoms with E-state index in [1.807, 2.05) is 0 Å². The molecule has 0 unspecified atom stereocenters. The van der Waals surface area contributed by atoms with E-state index in [0.717, 1.165) is 19.3 Å². The van der Waals surface area contributed by atoms with Crippen LogP contribution in [0.15, 0.2) is 17.1 Å². The van der Waals surface area contributed by atoms with Gasteiger partial charge in [0.2, 0.25) is 5.91 Å². The van der Waals surface area contributed by atoms with E-state index in [0.29, 0.717) is 6.42 Å². The maximum absolute atomic E-state index is 12.2. The summed E-state index contributed by atoms with van der Waals surface area (Å²) in [6.45, 7) is 1.87. The highest BCUT2D eigenvalue weighted by molar-refractivity contribution is 5.89. The lowest BCUT2D eigenvalue weighted by atomic mass is 10.1. The van der Waals surface area contributed by atoms with Gasteiger partial charge in [0.15, 0.2) is 0 Å². The zero-order valence-corrected chi connectivity index (χ0v) is 16.0. The lowest BCUT2D eigenvalue weighted by molar-refractivity contribution is -0.116. The van der Waals surface area contributed by atoms with Crippen molar-refractivity contribution in [2.75, 3.05) is 11.9 Å². The average Bonchev–Trinajstić information content (AvgIpc) is 3.01. The molecule has 8 nitrogen and oxygen atoms in total. The molecule has 0 aliphatic carbocycles. The summed E-state index contributed by atoms with van der Waals surface area (Å²) >= 11 is 0. The predicted octanol–water partition coefficient (Wildman–Crippen LogP) is 1.96. The van der Waals surface area contributed by atoms with Crippen LogP contribution in [0.25, 0.3) is 0 Å². The van der Waals surface area contributed by atoms with Gasteiger partial charge >= 0.3 is 5.69 Å². The molecule has 3 N–H and O–H groups in total. The van der Waals surface area contributed by atoms with Crippen molar-refractivity contribution in [1.82, 2.24) is 9.55 Å². The van der Waals surface area contributed by atoms with Gasteiger partial charge in [-0.15, -0.1) is 0 Å². The summed E-state index contributed by atoms with van der Waals surface area (Å²) in [5.74, 6) is 0.0579. The van der Waals surface area contributed by atoms with Gasteiger partial charge in [0.25, 0.3) is 0 Å². The summed E-state index contributed by atoms with van der Waals surface area (Å²) in [5, 5.41) is 21.5. The van der Waals surface area contributed by atoms with E-state index in [1.54, 1.807) is 0 Å². The Labute approximate surface area is 159 Å². The van der Waals surface area contributed by atoms with Crippen LogP contribution in [0.3, 0.4) is 0 Å². The maximum atomic E-state index is 12.2. The van der Waals surface area contributed by atoms with Crippen LogP contribution in [0.2, 0.25) is 0 Å². The van der Waals surface area contributed by atoms with E-state index in [-0.39, 0.29) is 24.8 Å². The third-order valence-electron chi connectivity index (χ3n) is 4.80. The third-order valence-corrected chi connectivity index (χ3v) is 4.80. The van der Waals surface area contributed by atoms with E-state index in [2.05, 4.69) is 17.2 Å². The van der Waals surface area contributed by atoms with Crippen molar-refractivity contribution in [3.63, 3.8) is 0 Å². The summed E-state index contributed by atoms with van der Waals surface area (Å²) < 4.78 is 6.70. The number of nitrogens with zero attached hydrogens (tertiary/aromatic N) is 2. The van der Waals surface area contributed by atoms with Crippen LogP contribution in [0.5, 0.6) is 0 Å². The number of anilines is 1. The summed E-state index contributed by atoms with van der Waals surface area (Å²) in [7, 11) is 0. The summed E-state index contributed by atoms with van der Waals surface area (Å²) in [6, 6.07) is 1.53. The fraction of sp³-hybridized carbons (Fsp3) is 0.737. The van der Waals surface area contributed by atoms with Crippen LogP contribution in [0, 0.1) is 0 Å². The molecule has 27 heavy (non-hydrogen) atoms. The first kappa shape index (κ1) is 21.5. The first-order chi connectivity index (χ1) is 13.0. The van der Waals surface area contributed by atoms with E-state index in [9.17, 15) is 14.7 Å². The maximum Gasteiger partial charge on any atom is 0.351 e. The molecule has 0 bridgehead atoms. The zero-order chi connectivity index (χ0) is 19.6. The van der Waals surface area contributed by atoms with Crippen LogP contribution < -0.4 is 11.0 Å². The van der Waals surface area contributed by atoms with Crippen molar-refractivity contribution in [1.29, 1.82) is 0 Å². The van der Waals surface area contributed by atoms with Gasteiger partial charge in [0.05, 0.1) is 12.7 Å². The quantitative estimate of drug-likeness (QED) is 0.505. The molecular weight excluding hydrogens is 350 g/mol. The van der Waals surface area contributed by atoms with Crippen molar-refractivity contribution >= 4 is 11.7 Å². The number of aromatic nitrogens is 2. The highest BCUT2D eigenvalue weighted by Gasteiger charge is 2.34. The number of unbranched alkanes of at least 4 members (excludes halogenated alkanes) is 6. The van der Waals surface area contributed by atoms with E-state index in [4.69, 9.17) is 9.84 Å².